The van der Waals surface area contributed by atoms with Gasteiger partial charge in [-0.3, -0.25) is 0 Å². The molecule has 0 bridgehead atoms. The summed E-state index contributed by atoms with van der Waals surface area (Å²) in [5, 5.41) is 0. The summed E-state index contributed by atoms with van der Waals surface area (Å²) >= 11 is 0. The molecule has 0 aromatic heterocycles. The number of hydrogen-bond acceptors (Lipinski definition) is 2. The van der Waals surface area contributed by atoms with Gasteiger partial charge in [0, 0.05) is 16.5 Å². The van der Waals surface area contributed by atoms with Gasteiger partial charge < -0.3 is 9.59 Å². The van der Waals surface area contributed by atoms with Crippen LogP contribution in [0.15, 0.2) is 121 Å². The first-order valence-electron chi connectivity index (χ1n) is 12.0. The molecule has 0 radical (unpaired) electrons. The van der Waals surface area contributed by atoms with Crippen molar-refractivity contribution in [1.29, 1.82) is 0 Å². The first kappa shape index (κ1) is 32.6. The molecule has 0 fully saturated rings. The first-order chi connectivity index (χ1) is 17.8. The summed E-state index contributed by atoms with van der Waals surface area (Å²) in [5.41, 5.74) is 5.96. The quantitative estimate of drug-likeness (QED) is 0.134. The van der Waals surface area contributed by atoms with Crippen molar-refractivity contribution in [2.45, 2.75) is 24.6 Å². The Bertz CT molecular complexity index is 895. The van der Waals surface area contributed by atoms with Crippen LogP contribution in [0.2, 0.25) is 0 Å². The van der Waals surface area contributed by atoms with Crippen LogP contribution in [0.1, 0.15) is 22.3 Å². The van der Waals surface area contributed by atoms with Crippen LogP contribution < -0.4 is 0 Å². The zero-order valence-electron chi connectivity index (χ0n) is 21.2. The number of benzene rings is 4. The van der Waals surface area contributed by atoms with Crippen LogP contribution in [0, 0.1) is 0 Å². The number of carbonyl (C=O) groups is 2. The Morgan fingerprint density at radius 1 is 0.378 bits per heavy atom. The molecule has 0 atom stereocenters. The Labute approximate surface area is 235 Å². The topological polar surface area (TPSA) is 34.1 Å². The van der Waals surface area contributed by atoms with Gasteiger partial charge in [0.1, 0.15) is 13.6 Å². The Morgan fingerprint density at radius 3 is 0.757 bits per heavy atom. The molecule has 4 aromatic rings. The van der Waals surface area contributed by atoms with Crippen molar-refractivity contribution in [3.63, 3.8) is 0 Å². The van der Waals surface area contributed by atoms with E-state index in [0.29, 0.717) is 0 Å². The molecular weight excluding hydrogens is 537 g/mol. The molecule has 0 saturated carbocycles. The Hall–Kier alpha value is -2.43. The predicted octanol–water partition coefficient (Wildman–Crippen LogP) is 8.38. The maximum atomic E-state index is 8.00. The van der Waals surface area contributed by atoms with Gasteiger partial charge >= 0.3 is 0 Å². The van der Waals surface area contributed by atoms with Crippen LogP contribution in [-0.2, 0) is 50.7 Å². The first-order valence-corrected chi connectivity index (χ1v) is 15.8. The fourth-order valence-corrected chi connectivity index (χ4v) is 10.1. The van der Waals surface area contributed by atoms with Crippen molar-refractivity contribution in [1.82, 2.24) is 0 Å². The summed E-state index contributed by atoms with van der Waals surface area (Å²) in [5.74, 6) is 0. The molecule has 4 aromatic carbocycles. The van der Waals surface area contributed by atoms with Crippen LogP contribution in [0.3, 0.4) is 0 Å². The minimum Gasteiger partial charge on any atom is -0.307 e. The molecule has 0 saturated heterocycles. The Kier molecular flexibility index (Phi) is 18.2. The standard InChI is InChI=1S/C30H32P2.2CH2O.Ni/c1-5-13-27(14-6-1)23-31(24-28-15-7-2-8-16-28)21-22-32(25-29-17-9-3-10-18-29)26-30-19-11-4-12-20-30;2*1-2;/h1-20H,21-26H2;2*1H2;. The molecule has 196 valence electrons. The molecule has 0 aliphatic heterocycles. The van der Waals surface area contributed by atoms with Gasteiger partial charge in [0.2, 0.25) is 0 Å². The molecule has 4 rings (SSSR count). The van der Waals surface area contributed by atoms with Crippen LogP contribution in [0.25, 0.3) is 0 Å². The van der Waals surface area contributed by atoms with Crippen LogP contribution in [0.4, 0.5) is 0 Å². The zero-order valence-corrected chi connectivity index (χ0v) is 24.0. The molecular formula is C32H36NiO2P2. The third kappa shape index (κ3) is 13.1. The normalized spacial score (nSPS) is 9.89. The molecule has 5 heteroatoms. The third-order valence-electron chi connectivity index (χ3n) is 5.73. The second-order valence-electron chi connectivity index (χ2n) is 8.36. The molecule has 0 unspecified atom stereocenters. The SMILES string of the molecule is C=O.C=O.[Ni].c1ccc(CP(CCP(Cc2ccccc2)Cc2ccccc2)Cc2ccccc2)cc1. The summed E-state index contributed by atoms with van der Waals surface area (Å²) in [6, 6.07) is 44.4. The van der Waals surface area contributed by atoms with E-state index in [9.17, 15) is 0 Å². The minimum absolute atomic E-state index is 0. The van der Waals surface area contributed by atoms with Crippen molar-refractivity contribution in [3.8, 4) is 0 Å². The summed E-state index contributed by atoms with van der Waals surface area (Å²) in [6.45, 7) is 4.00. The second kappa shape index (κ2) is 20.6. The number of rotatable bonds is 11. The van der Waals surface area contributed by atoms with E-state index in [1.54, 1.807) is 0 Å². The van der Waals surface area contributed by atoms with Gasteiger partial charge in [-0.2, -0.15) is 0 Å². The van der Waals surface area contributed by atoms with E-state index in [-0.39, 0.29) is 32.3 Å². The van der Waals surface area contributed by atoms with Crippen LogP contribution >= 0.6 is 15.8 Å². The summed E-state index contributed by atoms with van der Waals surface area (Å²) in [6.07, 6.45) is 7.61. The van der Waals surface area contributed by atoms with E-state index in [2.05, 4.69) is 121 Å². The summed E-state index contributed by atoms with van der Waals surface area (Å²) in [7, 11) is -0.158. The smallest absolute Gasteiger partial charge is 0.106 e. The molecule has 0 spiro atoms. The van der Waals surface area contributed by atoms with Crippen LogP contribution in [-0.4, -0.2) is 25.9 Å². The Balaban J connectivity index is 0.00000131. The molecule has 0 aliphatic rings. The molecule has 0 heterocycles. The molecule has 2 nitrogen and oxygen atoms in total. The summed E-state index contributed by atoms with van der Waals surface area (Å²) in [4.78, 5) is 16.0. The molecule has 0 aliphatic carbocycles. The maximum absolute atomic E-state index is 8.00. The number of carbonyl (C=O) groups excluding carboxylic acids is 2. The van der Waals surface area contributed by atoms with E-state index < -0.39 is 0 Å². The summed E-state index contributed by atoms with van der Waals surface area (Å²) < 4.78 is 0. The monoisotopic (exact) mass is 572 g/mol. The van der Waals surface area contributed by atoms with Crippen molar-refractivity contribution in [2.24, 2.45) is 0 Å². The van der Waals surface area contributed by atoms with E-state index in [4.69, 9.17) is 9.59 Å². The minimum atomic E-state index is -0.0788. The number of hydrogen-bond donors (Lipinski definition) is 0. The zero-order chi connectivity index (χ0) is 25.8. The van der Waals surface area contributed by atoms with E-state index in [0.717, 1.165) is 0 Å². The molecule has 37 heavy (non-hydrogen) atoms. The van der Waals surface area contributed by atoms with Crippen molar-refractivity contribution in [2.75, 3.05) is 12.3 Å². The molecule has 0 N–H and O–H groups in total. The third-order valence-corrected chi connectivity index (χ3v) is 11.0. The van der Waals surface area contributed by atoms with Gasteiger partial charge in [-0.15, -0.1) is 0 Å². The largest absolute Gasteiger partial charge is 0.307 e. The predicted molar refractivity (Wildman–Crippen MR) is 158 cm³/mol. The van der Waals surface area contributed by atoms with Crippen LogP contribution in [0.5, 0.6) is 0 Å². The molecule has 0 amide bonds. The van der Waals surface area contributed by atoms with Gasteiger partial charge in [0.25, 0.3) is 0 Å². The van der Waals surface area contributed by atoms with Gasteiger partial charge in [-0.25, -0.2) is 0 Å². The van der Waals surface area contributed by atoms with Gasteiger partial charge in [0.05, 0.1) is 0 Å². The van der Waals surface area contributed by atoms with Gasteiger partial charge in [-0.05, 0) is 59.2 Å². The van der Waals surface area contributed by atoms with E-state index in [1.807, 2.05) is 13.6 Å². The average Bonchev–Trinajstić information content (AvgIpc) is 2.96. The maximum Gasteiger partial charge on any atom is 0.106 e. The van der Waals surface area contributed by atoms with E-state index >= 15 is 0 Å². The van der Waals surface area contributed by atoms with Crippen molar-refractivity contribution >= 4 is 29.4 Å². The fraction of sp³-hybridized carbons (Fsp3) is 0.188. The van der Waals surface area contributed by atoms with E-state index in [1.165, 1.54) is 59.2 Å². The van der Waals surface area contributed by atoms with Crippen molar-refractivity contribution < 1.29 is 26.1 Å². The fourth-order valence-electron chi connectivity index (χ4n) is 4.08. The second-order valence-corrected chi connectivity index (χ2v) is 13.2. The Morgan fingerprint density at radius 2 is 0.568 bits per heavy atom. The average molecular weight is 573 g/mol. The van der Waals surface area contributed by atoms with Crippen molar-refractivity contribution in [3.05, 3.63) is 144 Å². The van der Waals surface area contributed by atoms with Gasteiger partial charge in [-0.1, -0.05) is 137 Å². The van der Waals surface area contributed by atoms with Gasteiger partial charge in [0.15, 0.2) is 0 Å².